The zero-order chi connectivity index (χ0) is 21.0. The Morgan fingerprint density at radius 2 is 1.79 bits per heavy atom. The van der Waals surface area contributed by atoms with E-state index in [0.717, 1.165) is 24.3 Å². The van der Waals surface area contributed by atoms with E-state index < -0.39 is 23.5 Å². The van der Waals surface area contributed by atoms with Crippen LogP contribution in [0, 0.1) is 5.82 Å². The molecule has 0 aliphatic carbocycles. The monoisotopic (exact) mass is 404 g/mol. The van der Waals surface area contributed by atoms with Crippen molar-refractivity contribution >= 4 is 23.1 Å². The van der Waals surface area contributed by atoms with Crippen LogP contribution in [-0.4, -0.2) is 10.9 Å². The van der Waals surface area contributed by atoms with Crippen molar-refractivity contribution in [3.63, 3.8) is 0 Å². The van der Waals surface area contributed by atoms with Crippen LogP contribution < -0.4 is 16.4 Å². The Kier molecular flexibility index (Phi) is 5.67. The maximum atomic E-state index is 14.1. The Labute approximate surface area is 163 Å². The van der Waals surface area contributed by atoms with E-state index >= 15 is 0 Å². The average molecular weight is 404 g/mol. The largest absolute Gasteiger partial charge is 0.416 e. The summed E-state index contributed by atoms with van der Waals surface area (Å²) < 4.78 is 51.9. The lowest BCUT2D eigenvalue weighted by molar-refractivity contribution is -0.137. The molecule has 1 heterocycles. The third-order valence-corrected chi connectivity index (χ3v) is 4.09. The van der Waals surface area contributed by atoms with Gasteiger partial charge in [-0.3, -0.25) is 4.79 Å². The fraction of sp³-hybridized carbons (Fsp3) is 0.100. The van der Waals surface area contributed by atoms with Gasteiger partial charge in [0.1, 0.15) is 11.6 Å². The van der Waals surface area contributed by atoms with Crippen LogP contribution in [0.25, 0.3) is 0 Å². The predicted octanol–water partition coefficient (Wildman–Crippen LogP) is 4.69. The Morgan fingerprint density at radius 3 is 2.45 bits per heavy atom. The number of carbonyl (C=O) groups is 1. The van der Waals surface area contributed by atoms with Gasteiger partial charge in [0.25, 0.3) is 5.91 Å². The van der Waals surface area contributed by atoms with Crippen molar-refractivity contribution < 1.29 is 22.4 Å². The smallest absolute Gasteiger partial charge is 0.382 e. The highest BCUT2D eigenvalue weighted by molar-refractivity contribution is 6.04. The van der Waals surface area contributed by atoms with Gasteiger partial charge in [-0.15, -0.1) is 0 Å². The molecule has 0 radical (unpaired) electrons. The summed E-state index contributed by atoms with van der Waals surface area (Å²) in [4.78, 5) is 16.2. The normalized spacial score (nSPS) is 11.2. The minimum Gasteiger partial charge on any atom is -0.382 e. The number of nitrogens with zero attached hydrogens (tertiary/aromatic N) is 1. The molecule has 5 nitrogen and oxygen atoms in total. The summed E-state index contributed by atoms with van der Waals surface area (Å²) in [6.45, 7) is 0.0890. The predicted molar refractivity (Wildman–Crippen MR) is 102 cm³/mol. The highest BCUT2D eigenvalue weighted by atomic mass is 19.4. The van der Waals surface area contributed by atoms with Crippen LogP contribution in [0.3, 0.4) is 0 Å². The number of nitrogens with one attached hydrogen (secondary N) is 2. The standard InChI is InChI=1S/C20H16F4N4O/c21-16-8-7-15(10-13(16)11-27-17-2-1-9-26-18(17)25)28-19(29)12-3-5-14(6-4-12)20(22,23)24/h1-10,27H,11H2,(H2,25,26)(H,28,29). The molecule has 0 unspecified atom stereocenters. The summed E-state index contributed by atoms with van der Waals surface area (Å²) in [5.41, 5.74) is 6.02. The second-order valence-corrected chi connectivity index (χ2v) is 6.13. The zero-order valence-corrected chi connectivity index (χ0v) is 14.9. The van der Waals surface area contributed by atoms with E-state index in [1.807, 2.05) is 0 Å². The first kappa shape index (κ1) is 20.1. The van der Waals surface area contributed by atoms with E-state index in [0.29, 0.717) is 11.4 Å². The molecule has 3 aromatic rings. The lowest BCUT2D eigenvalue weighted by Crippen LogP contribution is -2.13. The molecule has 1 amide bonds. The molecule has 0 saturated heterocycles. The van der Waals surface area contributed by atoms with Crippen molar-refractivity contribution in [2.75, 3.05) is 16.4 Å². The third kappa shape index (κ3) is 5.01. The number of rotatable bonds is 5. The van der Waals surface area contributed by atoms with Gasteiger partial charge in [0.05, 0.1) is 11.3 Å². The van der Waals surface area contributed by atoms with Crippen LogP contribution in [0.1, 0.15) is 21.5 Å². The number of halogens is 4. The molecule has 0 spiro atoms. The number of hydrogen-bond donors (Lipinski definition) is 3. The average Bonchev–Trinajstić information content (AvgIpc) is 2.69. The van der Waals surface area contributed by atoms with Crippen LogP contribution in [-0.2, 0) is 12.7 Å². The number of nitrogens with two attached hydrogens (primary N) is 1. The van der Waals surface area contributed by atoms with E-state index in [1.165, 1.54) is 24.4 Å². The van der Waals surface area contributed by atoms with Gasteiger partial charge in [0, 0.05) is 29.6 Å². The molecule has 0 fully saturated rings. The Balaban J connectivity index is 1.70. The summed E-state index contributed by atoms with van der Waals surface area (Å²) in [6.07, 6.45) is -2.95. The van der Waals surface area contributed by atoms with Crippen molar-refractivity contribution in [3.8, 4) is 0 Å². The van der Waals surface area contributed by atoms with Crippen LogP contribution in [0.2, 0.25) is 0 Å². The number of hydrogen-bond acceptors (Lipinski definition) is 4. The number of aromatic nitrogens is 1. The fourth-order valence-corrected chi connectivity index (χ4v) is 2.56. The SMILES string of the molecule is Nc1ncccc1NCc1cc(NC(=O)c2ccc(C(F)(F)F)cc2)ccc1F. The van der Waals surface area contributed by atoms with Gasteiger partial charge in [-0.1, -0.05) is 0 Å². The van der Waals surface area contributed by atoms with Crippen molar-refractivity contribution in [3.05, 3.63) is 83.3 Å². The molecule has 3 rings (SSSR count). The molecule has 150 valence electrons. The molecule has 29 heavy (non-hydrogen) atoms. The molecule has 9 heteroatoms. The number of nitrogen functional groups attached to an aromatic ring is 1. The van der Waals surface area contributed by atoms with Gasteiger partial charge in [-0.2, -0.15) is 13.2 Å². The van der Waals surface area contributed by atoms with E-state index in [9.17, 15) is 22.4 Å². The Morgan fingerprint density at radius 1 is 1.07 bits per heavy atom. The molecular weight excluding hydrogens is 388 g/mol. The lowest BCUT2D eigenvalue weighted by atomic mass is 10.1. The van der Waals surface area contributed by atoms with E-state index in [-0.39, 0.29) is 23.5 Å². The molecular formula is C20H16F4N4O. The molecule has 4 N–H and O–H groups in total. The van der Waals surface area contributed by atoms with Crippen molar-refractivity contribution in [1.29, 1.82) is 0 Å². The van der Waals surface area contributed by atoms with Gasteiger partial charge in [0.2, 0.25) is 0 Å². The molecule has 0 aliphatic heterocycles. The van der Waals surface area contributed by atoms with E-state index in [2.05, 4.69) is 15.6 Å². The number of alkyl halides is 3. The van der Waals surface area contributed by atoms with Gasteiger partial charge in [-0.25, -0.2) is 9.37 Å². The van der Waals surface area contributed by atoms with Crippen molar-refractivity contribution in [2.24, 2.45) is 0 Å². The molecule has 2 aromatic carbocycles. The van der Waals surface area contributed by atoms with Gasteiger partial charge < -0.3 is 16.4 Å². The van der Waals surface area contributed by atoms with Gasteiger partial charge in [0.15, 0.2) is 0 Å². The second kappa shape index (κ2) is 8.17. The summed E-state index contributed by atoms with van der Waals surface area (Å²) in [5.74, 6) is -0.840. The maximum Gasteiger partial charge on any atom is 0.416 e. The number of benzene rings is 2. The summed E-state index contributed by atoms with van der Waals surface area (Å²) in [5, 5.41) is 5.50. The first-order valence-corrected chi connectivity index (χ1v) is 8.45. The fourth-order valence-electron chi connectivity index (χ4n) is 2.56. The van der Waals surface area contributed by atoms with Crippen LogP contribution >= 0.6 is 0 Å². The Hall–Kier alpha value is -3.62. The summed E-state index contributed by atoms with van der Waals surface area (Å²) in [7, 11) is 0. The van der Waals surface area contributed by atoms with Crippen LogP contribution in [0.15, 0.2) is 60.8 Å². The first-order chi connectivity index (χ1) is 13.7. The van der Waals surface area contributed by atoms with Gasteiger partial charge in [-0.05, 0) is 54.6 Å². The molecule has 0 aliphatic rings. The Bertz CT molecular complexity index is 1020. The van der Waals surface area contributed by atoms with Crippen molar-refractivity contribution in [2.45, 2.75) is 12.7 Å². The second-order valence-electron chi connectivity index (χ2n) is 6.13. The van der Waals surface area contributed by atoms with Crippen LogP contribution in [0.5, 0.6) is 0 Å². The van der Waals surface area contributed by atoms with Gasteiger partial charge >= 0.3 is 6.18 Å². The zero-order valence-electron chi connectivity index (χ0n) is 14.9. The molecule has 0 saturated carbocycles. The van der Waals surface area contributed by atoms with E-state index in [1.54, 1.807) is 12.1 Å². The molecule has 1 aromatic heterocycles. The number of carbonyl (C=O) groups excluding carboxylic acids is 1. The first-order valence-electron chi connectivity index (χ1n) is 8.45. The van der Waals surface area contributed by atoms with E-state index in [4.69, 9.17) is 5.73 Å². The summed E-state index contributed by atoms with van der Waals surface area (Å²) >= 11 is 0. The minimum absolute atomic E-state index is 0.0464. The van der Waals surface area contributed by atoms with Crippen LogP contribution in [0.4, 0.5) is 34.8 Å². The molecule has 0 atom stereocenters. The lowest BCUT2D eigenvalue weighted by Gasteiger charge is -2.12. The third-order valence-electron chi connectivity index (χ3n) is 4.09. The van der Waals surface area contributed by atoms with Crippen molar-refractivity contribution in [1.82, 2.24) is 4.98 Å². The number of anilines is 3. The highest BCUT2D eigenvalue weighted by Gasteiger charge is 2.30. The quantitative estimate of drug-likeness (QED) is 0.539. The number of amides is 1. The summed E-state index contributed by atoms with van der Waals surface area (Å²) in [6, 6.07) is 11.2. The topological polar surface area (TPSA) is 80.0 Å². The highest BCUT2D eigenvalue weighted by Crippen LogP contribution is 2.29. The minimum atomic E-state index is -4.48. The number of pyridine rings is 1. The maximum absolute atomic E-state index is 14.1. The molecule has 0 bridgehead atoms.